The van der Waals surface area contributed by atoms with Crippen LogP contribution in [0.1, 0.15) is 102 Å². The minimum Gasteiger partial charge on any atom is -0.508 e. The van der Waals surface area contributed by atoms with Crippen LogP contribution >= 0.6 is 0 Å². The fraction of sp³-hybridized carbons (Fsp3) is 0.405. The SMILES string of the molecule is CCC(C)(C)/C(C)=C/c1ccc(O)c(/C=C(\C)C(c2cc(O)c(O)cc2O)C(C)(C)CC)c1-c1c(C)cccc1C. The van der Waals surface area contributed by atoms with Gasteiger partial charge in [0.1, 0.15) is 11.5 Å². The van der Waals surface area contributed by atoms with Crippen molar-refractivity contribution in [2.24, 2.45) is 10.8 Å². The third kappa shape index (κ3) is 6.48. The lowest BCUT2D eigenvalue weighted by Crippen LogP contribution is -2.22. The Kier molecular flexibility index (Phi) is 9.37. The van der Waals surface area contributed by atoms with Gasteiger partial charge in [0.2, 0.25) is 0 Å². The number of phenols is 4. The number of hydrogen-bond donors (Lipinski definition) is 4. The van der Waals surface area contributed by atoms with Crippen LogP contribution in [0.2, 0.25) is 0 Å². The maximum Gasteiger partial charge on any atom is 0.161 e. The number of aryl methyl sites for hydroxylation is 2. The van der Waals surface area contributed by atoms with Crippen LogP contribution in [0.3, 0.4) is 0 Å². The molecule has 0 aliphatic rings. The lowest BCUT2D eigenvalue weighted by Gasteiger charge is -2.35. The summed E-state index contributed by atoms with van der Waals surface area (Å²) in [6.07, 6.45) is 6.08. The highest BCUT2D eigenvalue weighted by Crippen LogP contribution is 2.50. The molecule has 3 aromatic carbocycles. The van der Waals surface area contributed by atoms with Crippen molar-refractivity contribution < 1.29 is 20.4 Å². The number of hydrogen-bond acceptors (Lipinski definition) is 4. The largest absolute Gasteiger partial charge is 0.508 e. The molecule has 3 aromatic rings. The summed E-state index contributed by atoms with van der Waals surface area (Å²) < 4.78 is 0. The molecule has 0 spiro atoms. The number of rotatable bonds is 9. The van der Waals surface area contributed by atoms with Crippen molar-refractivity contribution in [3.63, 3.8) is 0 Å². The maximum absolute atomic E-state index is 11.4. The molecule has 3 rings (SSSR count). The fourth-order valence-corrected chi connectivity index (χ4v) is 5.70. The van der Waals surface area contributed by atoms with E-state index in [0.717, 1.165) is 51.8 Å². The number of benzene rings is 3. The average molecular weight is 557 g/mol. The Morgan fingerprint density at radius 1 is 0.732 bits per heavy atom. The lowest BCUT2D eigenvalue weighted by atomic mass is 9.69. The van der Waals surface area contributed by atoms with E-state index in [1.54, 1.807) is 6.07 Å². The van der Waals surface area contributed by atoms with E-state index in [0.29, 0.717) is 5.56 Å². The van der Waals surface area contributed by atoms with Gasteiger partial charge in [-0.15, -0.1) is 0 Å². The van der Waals surface area contributed by atoms with Gasteiger partial charge in [-0.2, -0.15) is 0 Å². The van der Waals surface area contributed by atoms with Gasteiger partial charge in [0.15, 0.2) is 11.5 Å². The van der Waals surface area contributed by atoms with Crippen LogP contribution in [0, 0.1) is 24.7 Å². The maximum atomic E-state index is 11.4. The quantitative estimate of drug-likeness (QED) is 0.156. The first-order valence-electron chi connectivity index (χ1n) is 14.6. The van der Waals surface area contributed by atoms with Crippen LogP contribution in [-0.2, 0) is 0 Å². The molecule has 0 aliphatic heterocycles. The van der Waals surface area contributed by atoms with Crippen LogP contribution in [-0.4, -0.2) is 20.4 Å². The van der Waals surface area contributed by atoms with Gasteiger partial charge >= 0.3 is 0 Å². The molecule has 1 unspecified atom stereocenters. The summed E-state index contributed by atoms with van der Waals surface area (Å²) in [5.41, 5.74) is 8.49. The van der Waals surface area contributed by atoms with Gasteiger partial charge in [-0.1, -0.05) is 95.5 Å². The lowest BCUT2D eigenvalue weighted by molar-refractivity contribution is 0.294. The van der Waals surface area contributed by atoms with Gasteiger partial charge in [-0.3, -0.25) is 0 Å². The Bertz CT molecular complexity index is 1470. The molecular formula is C37H48O4. The zero-order valence-corrected chi connectivity index (χ0v) is 26.5. The number of phenolic OH excluding ortho intramolecular Hbond substituents is 4. The van der Waals surface area contributed by atoms with Crippen molar-refractivity contribution >= 4 is 12.2 Å². The molecule has 0 amide bonds. The monoisotopic (exact) mass is 556 g/mol. The van der Waals surface area contributed by atoms with Crippen LogP contribution < -0.4 is 0 Å². The zero-order chi connectivity index (χ0) is 30.9. The molecular weight excluding hydrogens is 508 g/mol. The molecule has 0 aromatic heterocycles. The topological polar surface area (TPSA) is 80.9 Å². The molecule has 0 fully saturated rings. The molecule has 4 N–H and O–H groups in total. The second kappa shape index (κ2) is 12.1. The summed E-state index contributed by atoms with van der Waals surface area (Å²) in [4.78, 5) is 0. The molecule has 41 heavy (non-hydrogen) atoms. The molecule has 0 radical (unpaired) electrons. The number of aromatic hydroxyl groups is 4. The normalized spacial score (nSPS) is 13.9. The Hall–Kier alpha value is -3.66. The first-order valence-corrected chi connectivity index (χ1v) is 14.6. The zero-order valence-electron chi connectivity index (χ0n) is 26.5. The molecule has 0 aliphatic carbocycles. The standard InChI is InChI=1S/C37H48O4/c1-11-36(7,8)25(6)19-26-16-17-29(38)27(34(26)33-22(3)14-13-15-23(33)4)18-24(5)35(37(9,10)12-2)28-20-31(40)32(41)21-30(28)39/h13-21,35,38-41H,11-12H2,1-10H3/b24-18+,25-19+. The summed E-state index contributed by atoms with van der Waals surface area (Å²) in [7, 11) is 0. The first-order chi connectivity index (χ1) is 19.0. The first kappa shape index (κ1) is 31.9. The minimum atomic E-state index is -0.360. The van der Waals surface area contributed by atoms with Crippen LogP contribution in [0.5, 0.6) is 23.0 Å². The molecule has 220 valence electrons. The summed E-state index contributed by atoms with van der Waals surface area (Å²) >= 11 is 0. The molecule has 4 nitrogen and oxygen atoms in total. The molecule has 0 saturated carbocycles. The number of allylic oxidation sites excluding steroid dienone is 2. The van der Waals surface area contributed by atoms with E-state index < -0.39 is 0 Å². The van der Waals surface area contributed by atoms with E-state index >= 15 is 0 Å². The van der Waals surface area contributed by atoms with Gasteiger partial charge in [0.05, 0.1) is 0 Å². The third-order valence-electron chi connectivity index (χ3n) is 9.26. The summed E-state index contributed by atoms with van der Waals surface area (Å²) in [6, 6.07) is 12.7. The van der Waals surface area contributed by atoms with Gasteiger partial charge in [-0.25, -0.2) is 0 Å². The van der Waals surface area contributed by atoms with Crippen molar-refractivity contribution in [1.29, 1.82) is 0 Å². The molecule has 1 atom stereocenters. The van der Waals surface area contributed by atoms with Crippen LogP contribution in [0.4, 0.5) is 0 Å². The Balaban J connectivity index is 2.43. The third-order valence-corrected chi connectivity index (χ3v) is 9.26. The second-order valence-corrected chi connectivity index (χ2v) is 12.9. The van der Waals surface area contributed by atoms with Crippen molar-refractivity contribution in [3.8, 4) is 34.1 Å². The van der Waals surface area contributed by atoms with E-state index in [2.05, 4.69) is 86.6 Å². The molecule has 0 heterocycles. The van der Waals surface area contributed by atoms with E-state index in [1.165, 1.54) is 17.7 Å². The van der Waals surface area contributed by atoms with Gasteiger partial charge in [0.25, 0.3) is 0 Å². The predicted molar refractivity (Wildman–Crippen MR) is 173 cm³/mol. The van der Waals surface area contributed by atoms with Gasteiger partial charge < -0.3 is 20.4 Å². The van der Waals surface area contributed by atoms with E-state index in [9.17, 15) is 20.4 Å². The molecule has 0 saturated heterocycles. The fourth-order valence-electron chi connectivity index (χ4n) is 5.70. The van der Waals surface area contributed by atoms with Gasteiger partial charge in [0, 0.05) is 28.7 Å². The Labute approximate surface area is 246 Å². The molecule has 0 bridgehead atoms. The predicted octanol–water partition coefficient (Wildman–Crippen LogP) is 10.3. The van der Waals surface area contributed by atoms with E-state index in [-0.39, 0.29) is 39.7 Å². The van der Waals surface area contributed by atoms with E-state index in [4.69, 9.17) is 0 Å². The minimum absolute atomic E-state index is 0.0243. The average Bonchev–Trinajstić information content (AvgIpc) is 2.89. The molecule has 4 heteroatoms. The highest BCUT2D eigenvalue weighted by atomic mass is 16.3. The highest BCUT2D eigenvalue weighted by Gasteiger charge is 2.33. The Morgan fingerprint density at radius 3 is 1.88 bits per heavy atom. The van der Waals surface area contributed by atoms with E-state index in [1.807, 2.05) is 19.1 Å². The van der Waals surface area contributed by atoms with Crippen LogP contribution in [0.15, 0.2) is 53.6 Å². The second-order valence-electron chi connectivity index (χ2n) is 12.9. The van der Waals surface area contributed by atoms with Gasteiger partial charge in [-0.05, 0) is 79.3 Å². The Morgan fingerprint density at radius 2 is 1.32 bits per heavy atom. The van der Waals surface area contributed by atoms with Crippen molar-refractivity contribution in [2.45, 2.75) is 88.0 Å². The smallest absolute Gasteiger partial charge is 0.161 e. The summed E-state index contributed by atoms with van der Waals surface area (Å²) in [5, 5.41) is 42.7. The van der Waals surface area contributed by atoms with Crippen molar-refractivity contribution in [2.75, 3.05) is 0 Å². The summed E-state index contributed by atoms with van der Waals surface area (Å²) in [5.74, 6) is -0.835. The summed E-state index contributed by atoms with van der Waals surface area (Å²) in [6.45, 7) is 21.4. The van der Waals surface area contributed by atoms with Crippen molar-refractivity contribution in [1.82, 2.24) is 0 Å². The highest BCUT2D eigenvalue weighted by molar-refractivity contribution is 5.89. The van der Waals surface area contributed by atoms with Crippen LogP contribution in [0.25, 0.3) is 23.3 Å². The van der Waals surface area contributed by atoms with Crippen molar-refractivity contribution in [3.05, 3.63) is 81.4 Å².